The molecule has 1 heterocycles. The summed E-state index contributed by atoms with van der Waals surface area (Å²) < 4.78 is 14.1. The van der Waals surface area contributed by atoms with E-state index in [1.54, 1.807) is 18.9 Å². The van der Waals surface area contributed by atoms with Gasteiger partial charge in [0.1, 0.15) is 17.3 Å². The molecule has 0 atom stereocenters. The molecule has 0 spiro atoms. The third-order valence-corrected chi connectivity index (χ3v) is 6.09. The third-order valence-electron chi connectivity index (χ3n) is 4.38. The lowest BCUT2D eigenvalue weighted by molar-refractivity contribution is 0.271. The highest BCUT2D eigenvalue weighted by Crippen LogP contribution is 2.29. The minimum absolute atomic E-state index is 0.517. The normalized spacial score (nSPS) is 11.1. The fraction of sp³-hybridized carbons (Fsp3) is 0.364. The van der Waals surface area contributed by atoms with E-state index < -0.39 is 0 Å². The second kappa shape index (κ2) is 10.2. The topological polar surface area (TPSA) is 49.2 Å². The minimum atomic E-state index is 0.517. The fourth-order valence-electron chi connectivity index (χ4n) is 2.72. The van der Waals surface area contributed by atoms with E-state index in [1.807, 2.05) is 25.2 Å². The summed E-state index contributed by atoms with van der Waals surface area (Å²) in [5.74, 6) is 4.02. The van der Waals surface area contributed by atoms with Gasteiger partial charge in [-0.3, -0.25) is 0 Å². The highest BCUT2D eigenvalue weighted by molar-refractivity contribution is 9.10. The summed E-state index contributed by atoms with van der Waals surface area (Å²) >= 11 is 5.21. The molecule has 3 aromatic rings. The van der Waals surface area contributed by atoms with Crippen molar-refractivity contribution in [3.8, 4) is 11.5 Å². The van der Waals surface area contributed by atoms with Crippen LogP contribution in [-0.2, 0) is 19.2 Å². The van der Waals surface area contributed by atoms with Crippen LogP contribution in [0.2, 0.25) is 0 Å². The fourth-order valence-corrected chi connectivity index (χ4v) is 4.18. The zero-order chi connectivity index (χ0) is 20.8. The number of rotatable bonds is 9. The van der Waals surface area contributed by atoms with E-state index in [4.69, 9.17) is 9.47 Å². The number of aromatic nitrogens is 3. The van der Waals surface area contributed by atoms with Gasteiger partial charge < -0.3 is 14.0 Å². The Morgan fingerprint density at radius 1 is 1.07 bits per heavy atom. The Morgan fingerprint density at radius 2 is 1.79 bits per heavy atom. The van der Waals surface area contributed by atoms with Gasteiger partial charge in [-0.05, 0) is 57.2 Å². The molecule has 0 aliphatic carbocycles. The van der Waals surface area contributed by atoms with E-state index in [2.05, 4.69) is 68.8 Å². The minimum Gasteiger partial charge on any atom is -0.496 e. The van der Waals surface area contributed by atoms with Crippen molar-refractivity contribution in [3.63, 3.8) is 0 Å². The molecule has 2 aromatic carbocycles. The Hall–Kier alpha value is -1.99. The van der Waals surface area contributed by atoms with Gasteiger partial charge in [0.2, 0.25) is 0 Å². The Morgan fingerprint density at radius 3 is 2.45 bits per heavy atom. The summed E-state index contributed by atoms with van der Waals surface area (Å²) in [6.07, 6.45) is 0.739. The second-order valence-electron chi connectivity index (χ2n) is 7.24. The Labute approximate surface area is 185 Å². The summed E-state index contributed by atoms with van der Waals surface area (Å²) in [6, 6.07) is 14.3. The lowest BCUT2D eigenvalue weighted by atomic mass is 10.1. The summed E-state index contributed by atoms with van der Waals surface area (Å²) in [5.41, 5.74) is 2.39. The molecule has 0 bridgehead atoms. The smallest absolute Gasteiger partial charge is 0.191 e. The zero-order valence-electron chi connectivity index (χ0n) is 17.2. The number of hydrogen-bond donors (Lipinski definition) is 0. The van der Waals surface area contributed by atoms with Gasteiger partial charge in [-0.1, -0.05) is 43.8 Å². The van der Waals surface area contributed by atoms with Gasteiger partial charge in [0.25, 0.3) is 0 Å². The Kier molecular flexibility index (Phi) is 7.61. The molecule has 0 radical (unpaired) electrons. The predicted molar refractivity (Wildman–Crippen MR) is 121 cm³/mol. The van der Waals surface area contributed by atoms with E-state index >= 15 is 0 Å². The lowest BCUT2D eigenvalue weighted by Crippen LogP contribution is -2.04. The SMILES string of the molecule is COc1ccc(CSc2nnc(Cc3ccc(OCC(C)C)cc3)n2C)cc1Br. The van der Waals surface area contributed by atoms with Crippen molar-refractivity contribution in [2.75, 3.05) is 13.7 Å². The Bertz CT molecular complexity index is 942. The molecule has 0 saturated heterocycles. The highest BCUT2D eigenvalue weighted by Gasteiger charge is 2.11. The third kappa shape index (κ3) is 6.00. The van der Waals surface area contributed by atoms with Crippen molar-refractivity contribution < 1.29 is 9.47 Å². The number of hydrogen-bond acceptors (Lipinski definition) is 5. The van der Waals surface area contributed by atoms with E-state index in [0.29, 0.717) is 5.92 Å². The number of methoxy groups -OCH3 is 1. The van der Waals surface area contributed by atoms with Crippen LogP contribution in [0, 0.1) is 5.92 Å². The van der Waals surface area contributed by atoms with Crippen LogP contribution >= 0.6 is 27.7 Å². The van der Waals surface area contributed by atoms with Gasteiger partial charge in [-0.15, -0.1) is 10.2 Å². The number of nitrogens with zero attached hydrogens (tertiary/aromatic N) is 3. The molecule has 0 fully saturated rings. The molecule has 154 valence electrons. The maximum atomic E-state index is 5.75. The van der Waals surface area contributed by atoms with Gasteiger partial charge in [0, 0.05) is 19.2 Å². The molecule has 0 N–H and O–H groups in total. The average molecular weight is 476 g/mol. The molecule has 0 aliphatic heterocycles. The van der Waals surface area contributed by atoms with E-state index in [0.717, 1.165) is 45.7 Å². The van der Waals surface area contributed by atoms with Crippen molar-refractivity contribution in [2.45, 2.75) is 31.2 Å². The van der Waals surface area contributed by atoms with Crippen LogP contribution in [0.15, 0.2) is 52.1 Å². The van der Waals surface area contributed by atoms with Gasteiger partial charge in [-0.25, -0.2) is 0 Å². The molecule has 0 amide bonds. The molecule has 1 aromatic heterocycles. The van der Waals surface area contributed by atoms with Gasteiger partial charge in [0.05, 0.1) is 18.2 Å². The molecule has 0 aliphatic rings. The van der Waals surface area contributed by atoms with Crippen LogP contribution in [0.4, 0.5) is 0 Å². The van der Waals surface area contributed by atoms with Crippen LogP contribution in [0.5, 0.6) is 11.5 Å². The van der Waals surface area contributed by atoms with Crippen LogP contribution in [0.1, 0.15) is 30.8 Å². The standard InChI is InChI=1S/C22H26BrN3O2S/c1-15(2)13-28-18-8-5-16(6-9-18)12-21-24-25-22(26(21)3)29-14-17-7-10-20(27-4)19(23)11-17/h5-11,15H,12-14H2,1-4H3. The van der Waals surface area contributed by atoms with Gasteiger partial charge >= 0.3 is 0 Å². The average Bonchev–Trinajstić information content (AvgIpc) is 3.05. The summed E-state index contributed by atoms with van der Waals surface area (Å²) in [7, 11) is 3.68. The molecular weight excluding hydrogens is 450 g/mol. The largest absolute Gasteiger partial charge is 0.496 e. The van der Waals surface area contributed by atoms with Crippen molar-refractivity contribution in [2.24, 2.45) is 13.0 Å². The van der Waals surface area contributed by atoms with Crippen molar-refractivity contribution in [3.05, 3.63) is 63.9 Å². The van der Waals surface area contributed by atoms with E-state index in [1.165, 1.54) is 11.1 Å². The summed E-state index contributed by atoms with van der Waals surface area (Å²) in [5, 5.41) is 9.65. The van der Waals surface area contributed by atoms with Crippen molar-refractivity contribution >= 4 is 27.7 Å². The van der Waals surface area contributed by atoms with Gasteiger partial charge in [0.15, 0.2) is 5.16 Å². The zero-order valence-corrected chi connectivity index (χ0v) is 19.6. The molecule has 29 heavy (non-hydrogen) atoms. The van der Waals surface area contributed by atoms with Crippen LogP contribution in [0.3, 0.4) is 0 Å². The molecule has 5 nitrogen and oxygen atoms in total. The monoisotopic (exact) mass is 475 g/mol. The first-order valence-corrected chi connectivity index (χ1v) is 11.3. The van der Waals surface area contributed by atoms with Gasteiger partial charge in [-0.2, -0.15) is 0 Å². The molecular formula is C22H26BrN3O2S. The quantitative estimate of drug-likeness (QED) is 0.382. The predicted octanol–water partition coefficient (Wildman–Crippen LogP) is 5.50. The summed E-state index contributed by atoms with van der Waals surface area (Å²) in [4.78, 5) is 0. The lowest BCUT2D eigenvalue weighted by Gasteiger charge is -2.09. The maximum Gasteiger partial charge on any atom is 0.191 e. The number of benzene rings is 2. The first-order chi connectivity index (χ1) is 14.0. The maximum absolute atomic E-state index is 5.75. The highest BCUT2D eigenvalue weighted by atomic mass is 79.9. The first kappa shape index (κ1) is 21.7. The summed E-state index contributed by atoms with van der Waals surface area (Å²) in [6.45, 7) is 5.02. The molecule has 0 unspecified atom stereocenters. The number of thioether (sulfide) groups is 1. The molecule has 0 saturated carbocycles. The van der Waals surface area contributed by atoms with E-state index in [9.17, 15) is 0 Å². The van der Waals surface area contributed by atoms with Crippen molar-refractivity contribution in [1.29, 1.82) is 0 Å². The van der Waals surface area contributed by atoms with Crippen LogP contribution in [-0.4, -0.2) is 28.5 Å². The molecule has 7 heteroatoms. The Balaban J connectivity index is 1.59. The second-order valence-corrected chi connectivity index (χ2v) is 9.04. The van der Waals surface area contributed by atoms with Crippen molar-refractivity contribution in [1.82, 2.24) is 14.8 Å². The number of ether oxygens (including phenoxy) is 2. The number of halogens is 1. The van der Waals surface area contributed by atoms with Crippen LogP contribution < -0.4 is 9.47 Å². The first-order valence-electron chi connectivity index (χ1n) is 9.51. The van der Waals surface area contributed by atoms with E-state index in [-0.39, 0.29) is 0 Å². The molecule has 3 rings (SSSR count). The van der Waals surface area contributed by atoms with Crippen LogP contribution in [0.25, 0.3) is 0 Å².